The van der Waals surface area contributed by atoms with Crippen LogP contribution in [-0.4, -0.2) is 29.0 Å². The topological polar surface area (TPSA) is 71.3 Å². The molecule has 4 rings (SSSR count). The summed E-state index contributed by atoms with van der Waals surface area (Å²) in [6.45, 7) is 5.88. The lowest BCUT2D eigenvalue weighted by Gasteiger charge is -2.33. The van der Waals surface area contributed by atoms with E-state index in [0.29, 0.717) is 23.8 Å². The molecule has 146 valence electrons. The van der Waals surface area contributed by atoms with Gasteiger partial charge in [-0.1, -0.05) is 29.8 Å². The number of halogens is 1. The normalized spacial score (nSPS) is 17.1. The molecule has 7 heteroatoms. The molecular formula is C21H23ClN4O2. The SMILES string of the molecule is Cc1oc2ncnc(N3CCC[C@@H](C(=O)NCc4ccccc4Cl)C3)c2c1C. The minimum Gasteiger partial charge on any atom is -0.443 e. The van der Waals surface area contributed by atoms with Gasteiger partial charge >= 0.3 is 0 Å². The van der Waals surface area contributed by atoms with Gasteiger partial charge in [0.1, 0.15) is 17.9 Å². The summed E-state index contributed by atoms with van der Waals surface area (Å²) >= 11 is 6.19. The maximum Gasteiger partial charge on any atom is 0.231 e. The summed E-state index contributed by atoms with van der Waals surface area (Å²) in [7, 11) is 0. The van der Waals surface area contributed by atoms with Gasteiger partial charge in [-0.05, 0) is 38.3 Å². The van der Waals surface area contributed by atoms with Crippen molar-refractivity contribution >= 4 is 34.4 Å². The van der Waals surface area contributed by atoms with Crippen molar-refractivity contribution in [2.75, 3.05) is 18.0 Å². The lowest BCUT2D eigenvalue weighted by atomic mass is 9.96. The molecule has 2 aromatic heterocycles. The van der Waals surface area contributed by atoms with E-state index in [9.17, 15) is 4.79 Å². The number of piperidine rings is 1. The number of fused-ring (bicyclic) bond motifs is 1. The molecule has 1 N–H and O–H groups in total. The van der Waals surface area contributed by atoms with E-state index >= 15 is 0 Å². The third-order valence-electron chi connectivity index (χ3n) is 5.45. The highest BCUT2D eigenvalue weighted by molar-refractivity contribution is 6.31. The average Bonchev–Trinajstić information content (AvgIpc) is 3.01. The van der Waals surface area contributed by atoms with Crippen LogP contribution in [0.3, 0.4) is 0 Å². The molecule has 28 heavy (non-hydrogen) atoms. The third-order valence-corrected chi connectivity index (χ3v) is 5.82. The van der Waals surface area contributed by atoms with Crippen LogP contribution in [0.5, 0.6) is 0 Å². The summed E-state index contributed by atoms with van der Waals surface area (Å²) in [5.74, 6) is 1.66. The lowest BCUT2D eigenvalue weighted by Crippen LogP contribution is -2.43. The Hall–Kier alpha value is -2.60. The molecule has 1 aliphatic heterocycles. The number of aryl methyl sites for hydroxylation is 2. The molecule has 6 nitrogen and oxygen atoms in total. The molecule has 0 spiro atoms. The standard InChI is InChI=1S/C21H23ClN4O2/c1-13-14(2)28-21-18(13)19(24-12-25-21)26-9-5-7-16(11-26)20(27)23-10-15-6-3-4-8-17(15)22/h3-4,6,8,12,16H,5,7,9-11H2,1-2H3,(H,23,27)/t16-/m1/s1. The molecule has 3 heterocycles. The van der Waals surface area contributed by atoms with Crippen LogP contribution in [0.2, 0.25) is 5.02 Å². The first-order valence-electron chi connectivity index (χ1n) is 9.51. The van der Waals surface area contributed by atoms with Crippen molar-refractivity contribution in [1.29, 1.82) is 0 Å². The van der Waals surface area contributed by atoms with Gasteiger partial charge in [-0.3, -0.25) is 4.79 Å². The van der Waals surface area contributed by atoms with E-state index in [1.54, 1.807) is 0 Å². The van der Waals surface area contributed by atoms with Gasteiger partial charge in [0.25, 0.3) is 0 Å². The van der Waals surface area contributed by atoms with Gasteiger partial charge in [-0.25, -0.2) is 9.97 Å². The molecule has 1 aliphatic rings. The van der Waals surface area contributed by atoms with E-state index < -0.39 is 0 Å². The fourth-order valence-electron chi connectivity index (χ4n) is 3.76. The van der Waals surface area contributed by atoms with Crippen molar-refractivity contribution in [1.82, 2.24) is 15.3 Å². The number of carbonyl (C=O) groups is 1. The summed E-state index contributed by atoms with van der Waals surface area (Å²) < 4.78 is 5.73. The highest BCUT2D eigenvalue weighted by Gasteiger charge is 2.28. The van der Waals surface area contributed by atoms with Crippen molar-refractivity contribution in [3.63, 3.8) is 0 Å². The number of benzene rings is 1. The first kappa shape index (κ1) is 18.7. The Balaban J connectivity index is 1.49. The van der Waals surface area contributed by atoms with Gasteiger partial charge < -0.3 is 14.6 Å². The van der Waals surface area contributed by atoms with E-state index in [-0.39, 0.29) is 11.8 Å². The Bertz CT molecular complexity index is 1020. The fourth-order valence-corrected chi connectivity index (χ4v) is 3.96. The van der Waals surface area contributed by atoms with Gasteiger partial charge in [0.2, 0.25) is 11.6 Å². The second-order valence-electron chi connectivity index (χ2n) is 7.26. The van der Waals surface area contributed by atoms with Crippen LogP contribution in [0.1, 0.15) is 29.7 Å². The predicted octanol–water partition coefficient (Wildman–Crippen LogP) is 4.03. The molecular weight excluding hydrogens is 376 g/mol. The molecule has 1 fully saturated rings. The molecule has 0 saturated carbocycles. The van der Waals surface area contributed by atoms with E-state index in [4.69, 9.17) is 16.0 Å². The molecule has 1 atom stereocenters. The third kappa shape index (κ3) is 3.56. The van der Waals surface area contributed by atoms with Gasteiger partial charge in [0.05, 0.1) is 11.3 Å². The molecule has 3 aromatic rings. The summed E-state index contributed by atoms with van der Waals surface area (Å²) in [6, 6.07) is 7.57. The smallest absolute Gasteiger partial charge is 0.231 e. The number of carbonyl (C=O) groups excluding carboxylic acids is 1. The molecule has 0 unspecified atom stereocenters. The van der Waals surface area contributed by atoms with Crippen LogP contribution in [0.4, 0.5) is 5.82 Å². The molecule has 1 amide bonds. The van der Waals surface area contributed by atoms with Crippen molar-refractivity contribution < 1.29 is 9.21 Å². The quantitative estimate of drug-likeness (QED) is 0.718. The second kappa shape index (κ2) is 7.80. The van der Waals surface area contributed by atoms with Gasteiger partial charge in [0.15, 0.2) is 0 Å². The number of hydrogen-bond acceptors (Lipinski definition) is 5. The number of aromatic nitrogens is 2. The van der Waals surface area contributed by atoms with Crippen LogP contribution in [0.25, 0.3) is 11.1 Å². The molecule has 1 saturated heterocycles. The first-order chi connectivity index (χ1) is 13.5. The lowest BCUT2D eigenvalue weighted by molar-refractivity contribution is -0.125. The van der Waals surface area contributed by atoms with E-state index in [1.807, 2.05) is 38.1 Å². The number of nitrogens with zero attached hydrogens (tertiary/aromatic N) is 3. The highest BCUT2D eigenvalue weighted by Crippen LogP contribution is 2.32. The van der Waals surface area contributed by atoms with E-state index in [2.05, 4.69) is 20.2 Å². The fraction of sp³-hybridized carbons (Fsp3) is 0.381. The molecule has 0 bridgehead atoms. The number of anilines is 1. The molecule has 0 radical (unpaired) electrons. The largest absolute Gasteiger partial charge is 0.443 e. The Labute approximate surface area is 168 Å². The van der Waals surface area contributed by atoms with Crippen molar-refractivity contribution in [2.45, 2.75) is 33.2 Å². The zero-order chi connectivity index (χ0) is 19.7. The van der Waals surface area contributed by atoms with Crippen molar-refractivity contribution in [2.24, 2.45) is 5.92 Å². The highest BCUT2D eigenvalue weighted by atomic mass is 35.5. The maximum absolute atomic E-state index is 12.8. The van der Waals surface area contributed by atoms with Crippen LogP contribution >= 0.6 is 11.6 Å². The Morgan fingerprint density at radius 1 is 1.32 bits per heavy atom. The zero-order valence-electron chi connectivity index (χ0n) is 16.0. The number of amides is 1. The minimum absolute atomic E-state index is 0.0509. The summed E-state index contributed by atoms with van der Waals surface area (Å²) in [5, 5.41) is 4.64. The minimum atomic E-state index is -0.0884. The zero-order valence-corrected chi connectivity index (χ0v) is 16.8. The summed E-state index contributed by atoms with van der Waals surface area (Å²) in [6.07, 6.45) is 3.33. The number of nitrogens with one attached hydrogen (secondary N) is 1. The Morgan fingerprint density at radius 3 is 2.96 bits per heavy atom. The van der Waals surface area contributed by atoms with Gasteiger partial charge in [0, 0.05) is 30.2 Å². The number of rotatable bonds is 4. The van der Waals surface area contributed by atoms with Crippen LogP contribution in [-0.2, 0) is 11.3 Å². The maximum atomic E-state index is 12.8. The molecule has 1 aromatic carbocycles. The molecule has 0 aliphatic carbocycles. The van der Waals surface area contributed by atoms with Crippen LogP contribution in [0, 0.1) is 19.8 Å². The second-order valence-corrected chi connectivity index (χ2v) is 7.66. The van der Waals surface area contributed by atoms with Crippen LogP contribution < -0.4 is 10.2 Å². The first-order valence-corrected chi connectivity index (χ1v) is 9.89. The Kier molecular flexibility index (Phi) is 5.22. The van der Waals surface area contributed by atoms with Crippen molar-refractivity contribution in [3.05, 3.63) is 52.5 Å². The Morgan fingerprint density at radius 2 is 2.14 bits per heavy atom. The summed E-state index contributed by atoms with van der Waals surface area (Å²) in [5.41, 5.74) is 2.58. The summed E-state index contributed by atoms with van der Waals surface area (Å²) in [4.78, 5) is 23.7. The predicted molar refractivity (Wildman–Crippen MR) is 110 cm³/mol. The van der Waals surface area contributed by atoms with Crippen molar-refractivity contribution in [3.8, 4) is 0 Å². The number of hydrogen-bond donors (Lipinski definition) is 1. The monoisotopic (exact) mass is 398 g/mol. The van der Waals surface area contributed by atoms with Crippen LogP contribution in [0.15, 0.2) is 35.0 Å². The van der Waals surface area contributed by atoms with E-state index in [1.165, 1.54) is 6.33 Å². The van der Waals surface area contributed by atoms with Gasteiger partial charge in [-0.2, -0.15) is 0 Å². The number of furan rings is 1. The van der Waals surface area contributed by atoms with Gasteiger partial charge in [-0.15, -0.1) is 0 Å². The van der Waals surface area contributed by atoms with E-state index in [0.717, 1.165) is 47.5 Å². The average molecular weight is 399 g/mol.